The molecule has 162 valence electrons. The zero-order chi connectivity index (χ0) is 22.1. The van der Waals surface area contributed by atoms with Crippen molar-refractivity contribution in [3.05, 3.63) is 35.9 Å². The molecule has 2 aliphatic rings. The summed E-state index contributed by atoms with van der Waals surface area (Å²) in [5.74, 6) is -0.405. The number of hydrogen-bond acceptors (Lipinski definition) is 5. The van der Waals surface area contributed by atoms with E-state index in [0.717, 1.165) is 16.8 Å². The number of nitrogens with zero attached hydrogens (tertiary/aromatic N) is 3. The SMILES string of the molecule is COC(=O)/C=C(/C)c1ccc(N2CC3CN(C(=O)OC(C)(C)C)CCN3C2=O)cc1. The fourth-order valence-electron chi connectivity index (χ4n) is 3.64. The van der Waals surface area contributed by atoms with Crippen molar-refractivity contribution in [2.75, 3.05) is 38.2 Å². The number of piperazine rings is 1. The van der Waals surface area contributed by atoms with Crippen LogP contribution in [-0.2, 0) is 14.3 Å². The predicted octanol–water partition coefficient (Wildman–Crippen LogP) is 3.12. The van der Waals surface area contributed by atoms with Crippen LogP contribution in [0.2, 0.25) is 0 Å². The Balaban J connectivity index is 1.68. The number of fused-ring (bicyclic) bond motifs is 1. The van der Waals surface area contributed by atoms with Crippen LogP contribution in [-0.4, -0.2) is 72.8 Å². The van der Waals surface area contributed by atoms with E-state index in [9.17, 15) is 14.4 Å². The molecule has 0 aliphatic carbocycles. The maximum Gasteiger partial charge on any atom is 0.410 e. The van der Waals surface area contributed by atoms with Gasteiger partial charge in [0.15, 0.2) is 0 Å². The van der Waals surface area contributed by atoms with Gasteiger partial charge < -0.3 is 19.3 Å². The number of carbonyl (C=O) groups is 3. The van der Waals surface area contributed by atoms with E-state index in [4.69, 9.17) is 4.74 Å². The van der Waals surface area contributed by atoms with E-state index in [1.54, 1.807) is 9.80 Å². The molecule has 30 heavy (non-hydrogen) atoms. The Morgan fingerprint density at radius 2 is 1.77 bits per heavy atom. The Morgan fingerprint density at radius 3 is 2.37 bits per heavy atom. The van der Waals surface area contributed by atoms with Crippen LogP contribution in [0, 0.1) is 0 Å². The average Bonchev–Trinajstić information content (AvgIpc) is 3.02. The topological polar surface area (TPSA) is 79.4 Å². The molecule has 2 fully saturated rings. The third kappa shape index (κ3) is 4.75. The summed E-state index contributed by atoms with van der Waals surface area (Å²) >= 11 is 0. The minimum Gasteiger partial charge on any atom is -0.466 e. The van der Waals surface area contributed by atoms with Crippen LogP contribution in [0.3, 0.4) is 0 Å². The summed E-state index contributed by atoms with van der Waals surface area (Å²) in [6.45, 7) is 9.26. The van der Waals surface area contributed by atoms with Gasteiger partial charge in [-0.1, -0.05) is 12.1 Å². The molecule has 2 heterocycles. The lowest BCUT2D eigenvalue weighted by Gasteiger charge is -2.36. The molecule has 0 spiro atoms. The van der Waals surface area contributed by atoms with Crippen molar-refractivity contribution in [1.29, 1.82) is 0 Å². The Labute approximate surface area is 177 Å². The Kier molecular flexibility index (Phi) is 6.05. The maximum absolute atomic E-state index is 12.9. The van der Waals surface area contributed by atoms with Gasteiger partial charge in [0.25, 0.3) is 0 Å². The second-order valence-electron chi connectivity index (χ2n) is 8.56. The number of esters is 1. The van der Waals surface area contributed by atoms with E-state index in [1.165, 1.54) is 13.2 Å². The van der Waals surface area contributed by atoms with E-state index in [1.807, 2.05) is 56.9 Å². The van der Waals surface area contributed by atoms with Crippen LogP contribution in [0.4, 0.5) is 15.3 Å². The lowest BCUT2D eigenvalue weighted by molar-refractivity contribution is -0.134. The zero-order valence-corrected chi connectivity index (χ0v) is 18.2. The summed E-state index contributed by atoms with van der Waals surface area (Å²) < 4.78 is 10.1. The lowest BCUT2D eigenvalue weighted by Crippen LogP contribution is -2.54. The second-order valence-corrected chi connectivity index (χ2v) is 8.56. The molecule has 1 unspecified atom stereocenters. The number of methoxy groups -OCH3 is 1. The molecule has 2 saturated heterocycles. The van der Waals surface area contributed by atoms with E-state index in [2.05, 4.69) is 4.74 Å². The van der Waals surface area contributed by atoms with Gasteiger partial charge in [0.1, 0.15) is 5.60 Å². The molecule has 3 rings (SSSR count). The molecule has 0 aromatic heterocycles. The summed E-state index contributed by atoms with van der Waals surface area (Å²) in [5, 5.41) is 0. The van der Waals surface area contributed by atoms with Crippen LogP contribution in [0.15, 0.2) is 30.3 Å². The average molecular weight is 415 g/mol. The van der Waals surface area contributed by atoms with Gasteiger partial charge in [-0.3, -0.25) is 4.90 Å². The molecule has 1 atom stereocenters. The van der Waals surface area contributed by atoms with Crippen molar-refractivity contribution >= 4 is 29.4 Å². The quantitative estimate of drug-likeness (QED) is 0.560. The highest BCUT2D eigenvalue weighted by Crippen LogP contribution is 2.28. The van der Waals surface area contributed by atoms with Crippen LogP contribution in [0.1, 0.15) is 33.3 Å². The lowest BCUT2D eigenvalue weighted by atomic mass is 10.1. The molecule has 3 amide bonds. The molecular weight excluding hydrogens is 386 g/mol. The fourth-order valence-corrected chi connectivity index (χ4v) is 3.64. The van der Waals surface area contributed by atoms with Crippen molar-refractivity contribution in [3.63, 3.8) is 0 Å². The third-order valence-corrected chi connectivity index (χ3v) is 5.17. The molecule has 8 heteroatoms. The zero-order valence-electron chi connectivity index (χ0n) is 18.2. The van der Waals surface area contributed by atoms with E-state index >= 15 is 0 Å². The van der Waals surface area contributed by atoms with E-state index in [-0.39, 0.29) is 18.2 Å². The number of rotatable bonds is 3. The summed E-state index contributed by atoms with van der Waals surface area (Å²) in [4.78, 5) is 41.9. The summed E-state index contributed by atoms with van der Waals surface area (Å²) in [6, 6.07) is 7.36. The number of allylic oxidation sites excluding steroid dienone is 1. The monoisotopic (exact) mass is 415 g/mol. The van der Waals surface area contributed by atoms with Crippen molar-refractivity contribution in [1.82, 2.24) is 9.80 Å². The van der Waals surface area contributed by atoms with Gasteiger partial charge >= 0.3 is 18.1 Å². The number of benzene rings is 1. The predicted molar refractivity (Wildman–Crippen MR) is 113 cm³/mol. The van der Waals surface area contributed by atoms with Gasteiger partial charge in [-0.25, -0.2) is 14.4 Å². The first-order valence-corrected chi connectivity index (χ1v) is 10.0. The highest BCUT2D eigenvalue weighted by atomic mass is 16.6. The van der Waals surface area contributed by atoms with Crippen molar-refractivity contribution in [3.8, 4) is 0 Å². The minimum atomic E-state index is -0.548. The Hall–Kier alpha value is -3.03. The Morgan fingerprint density at radius 1 is 1.10 bits per heavy atom. The summed E-state index contributed by atoms with van der Waals surface area (Å²) in [5.41, 5.74) is 1.90. The molecule has 8 nitrogen and oxygen atoms in total. The first-order chi connectivity index (χ1) is 14.1. The largest absolute Gasteiger partial charge is 0.466 e. The van der Waals surface area contributed by atoms with Crippen molar-refractivity contribution in [2.24, 2.45) is 0 Å². The normalized spacial score (nSPS) is 19.6. The van der Waals surface area contributed by atoms with Crippen LogP contribution in [0.5, 0.6) is 0 Å². The fraction of sp³-hybridized carbons (Fsp3) is 0.500. The maximum atomic E-state index is 12.9. The molecule has 0 saturated carbocycles. The van der Waals surface area contributed by atoms with Crippen molar-refractivity contribution < 1.29 is 23.9 Å². The number of amides is 3. The first-order valence-electron chi connectivity index (χ1n) is 10.0. The van der Waals surface area contributed by atoms with Gasteiger partial charge in [-0.2, -0.15) is 0 Å². The molecule has 1 aromatic rings. The number of anilines is 1. The number of hydrogen-bond donors (Lipinski definition) is 0. The number of urea groups is 1. The third-order valence-electron chi connectivity index (χ3n) is 5.17. The molecule has 0 radical (unpaired) electrons. The standard InChI is InChI=1S/C22H29N3O5/c1-15(12-19(26)29-5)16-6-8-17(9-7-16)25-14-18-13-23(10-11-24(18)20(25)27)21(28)30-22(2,3)4/h6-9,12,18H,10-11,13-14H2,1-5H3/b15-12-. The highest BCUT2D eigenvalue weighted by Gasteiger charge is 2.42. The molecule has 0 bridgehead atoms. The second kappa shape index (κ2) is 8.38. The van der Waals surface area contributed by atoms with Gasteiger partial charge in [0, 0.05) is 37.9 Å². The molecule has 2 aliphatic heterocycles. The summed E-state index contributed by atoms with van der Waals surface area (Å²) in [7, 11) is 1.34. The molecule has 1 aromatic carbocycles. The van der Waals surface area contributed by atoms with Gasteiger partial charge in [0.2, 0.25) is 0 Å². The smallest absolute Gasteiger partial charge is 0.410 e. The van der Waals surface area contributed by atoms with E-state index < -0.39 is 11.6 Å². The molecule has 0 N–H and O–H groups in total. The van der Waals surface area contributed by atoms with Crippen LogP contribution < -0.4 is 4.90 Å². The van der Waals surface area contributed by atoms with Gasteiger partial charge in [-0.05, 0) is 51.0 Å². The molecular formula is C22H29N3O5. The summed E-state index contributed by atoms with van der Waals surface area (Å²) in [6.07, 6.45) is 1.09. The first kappa shape index (κ1) is 21.7. The van der Waals surface area contributed by atoms with Gasteiger partial charge in [-0.15, -0.1) is 0 Å². The van der Waals surface area contributed by atoms with Crippen molar-refractivity contribution in [2.45, 2.75) is 39.3 Å². The van der Waals surface area contributed by atoms with Gasteiger partial charge in [0.05, 0.1) is 13.2 Å². The highest BCUT2D eigenvalue weighted by molar-refractivity contribution is 5.95. The minimum absolute atomic E-state index is 0.0570. The van der Waals surface area contributed by atoms with E-state index in [0.29, 0.717) is 26.2 Å². The number of ether oxygens (including phenoxy) is 2. The number of carbonyl (C=O) groups excluding carboxylic acids is 3. The Bertz CT molecular complexity index is 857. The van der Waals surface area contributed by atoms with Crippen LogP contribution >= 0.6 is 0 Å². The van der Waals surface area contributed by atoms with Crippen LogP contribution in [0.25, 0.3) is 5.57 Å².